The first-order chi connectivity index (χ1) is 10.6. The van der Waals surface area contributed by atoms with Crippen LogP contribution in [0.1, 0.15) is 34.7 Å². The second-order valence-electron chi connectivity index (χ2n) is 5.75. The number of hydrogen-bond acceptors (Lipinski definition) is 4. The highest BCUT2D eigenvalue weighted by Gasteiger charge is 2.24. The highest BCUT2D eigenvalue weighted by molar-refractivity contribution is 5.93. The highest BCUT2D eigenvalue weighted by Crippen LogP contribution is 2.20. The molecule has 1 amide bonds. The molecule has 5 nitrogen and oxygen atoms in total. The summed E-state index contributed by atoms with van der Waals surface area (Å²) in [6, 6.07) is 12.3. The fraction of sp³-hybridized carbons (Fsp3) is 0.353. The van der Waals surface area contributed by atoms with E-state index < -0.39 is 0 Å². The highest BCUT2D eigenvalue weighted by atomic mass is 16.2. The van der Waals surface area contributed by atoms with Crippen LogP contribution in [0.15, 0.2) is 36.4 Å². The molecule has 1 aliphatic carbocycles. The van der Waals surface area contributed by atoms with Crippen molar-refractivity contribution in [3.8, 4) is 0 Å². The molecule has 1 aromatic heterocycles. The maximum Gasteiger partial charge on any atom is 0.270 e. The molecule has 1 saturated carbocycles. The number of aromatic nitrogens is 2. The van der Waals surface area contributed by atoms with Gasteiger partial charge in [-0.15, -0.1) is 0 Å². The van der Waals surface area contributed by atoms with Gasteiger partial charge in [-0.25, -0.2) is 9.97 Å². The van der Waals surface area contributed by atoms with Crippen LogP contribution in [0, 0.1) is 6.92 Å². The second-order valence-corrected chi connectivity index (χ2v) is 5.75. The van der Waals surface area contributed by atoms with Gasteiger partial charge in [-0.05, 0) is 25.3 Å². The maximum absolute atomic E-state index is 12.2. The van der Waals surface area contributed by atoms with E-state index in [-0.39, 0.29) is 5.91 Å². The first kappa shape index (κ1) is 14.5. The standard InChI is InChI=1S/C17H20N4O/c1-12-18-15(17(22)20-14-8-9-14)10-16(19-12)21(2)11-13-6-4-3-5-7-13/h3-7,10,14H,8-9,11H2,1-2H3,(H,20,22). The number of carbonyl (C=O) groups is 1. The molecule has 0 spiro atoms. The summed E-state index contributed by atoms with van der Waals surface area (Å²) in [5.74, 6) is 1.26. The molecule has 1 heterocycles. The van der Waals surface area contributed by atoms with Gasteiger partial charge in [0.1, 0.15) is 17.3 Å². The minimum absolute atomic E-state index is 0.109. The lowest BCUT2D eigenvalue weighted by atomic mass is 10.2. The van der Waals surface area contributed by atoms with Crippen LogP contribution in [0.25, 0.3) is 0 Å². The summed E-state index contributed by atoms with van der Waals surface area (Å²) < 4.78 is 0. The monoisotopic (exact) mass is 296 g/mol. The van der Waals surface area contributed by atoms with Gasteiger partial charge < -0.3 is 10.2 Å². The topological polar surface area (TPSA) is 58.1 Å². The molecular weight excluding hydrogens is 276 g/mol. The zero-order valence-corrected chi connectivity index (χ0v) is 12.9. The Hall–Kier alpha value is -2.43. The number of amides is 1. The molecule has 1 N–H and O–H groups in total. The number of anilines is 1. The number of hydrogen-bond donors (Lipinski definition) is 1. The van der Waals surface area contributed by atoms with Gasteiger partial charge in [0, 0.05) is 25.7 Å². The van der Waals surface area contributed by atoms with E-state index in [2.05, 4.69) is 27.4 Å². The summed E-state index contributed by atoms with van der Waals surface area (Å²) in [7, 11) is 1.97. The molecule has 0 atom stereocenters. The molecule has 0 bridgehead atoms. The van der Waals surface area contributed by atoms with Crippen LogP contribution >= 0.6 is 0 Å². The number of rotatable bonds is 5. The Labute approximate surface area is 130 Å². The summed E-state index contributed by atoms with van der Waals surface area (Å²) >= 11 is 0. The van der Waals surface area contributed by atoms with Crippen LogP contribution in [0.5, 0.6) is 0 Å². The zero-order valence-electron chi connectivity index (χ0n) is 12.9. The molecule has 0 unspecified atom stereocenters. The molecular formula is C17H20N4O. The number of benzene rings is 1. The SMILES string of the molecule is Cc1nc(C(=O)NC2CC2)cc(N(C)Cc2ccccc2)n1. The summed E-state index contributed by atoms with van der Waals surface area (Å²) in [5.41, 5.74) is 1.64. The van der Waals surface area contributed by atoms with Gasteiger partial charge in [0.05, 0.1) is 0 Å². The molecule has 0 radical (unpaired) electrons. The van der Waals surface area contributed by atoms with E-state index in [0.29, 0.717) is 17.6 Å². The predicted octanol–water partition coefficient (Wildman–Crippen LogP) is 2.31. The van der Waals surface area contributed by atoms with Gasteiger partial charge >= 0.3 is 0 Å². The van der Waals surface area contributed by atoms with Crippen molar-refractivity contribution in [2.45, 2.75) is 32.4 Å². The van der Waals surface area contributed by atoms with Crippen molar-refractivity contribution in [3.63, 3.8) is 0 Å². The van der Waals surface area contributed by atoms with E-state index in [1.807, 2.05) is 37.1 Å². The quantitative estimate of drug-likeness (QED) is 0.920. The van der Waals surface area contributed by atoms with Crippen molar-refractivity contribution in [1.29, 1.82) is 0 Å². The van der Waals surface area contributed by atoms with Crippen molar-refractivity contribution in [2.75, 3.05) is 11.9 Å². The lowest BCUT2D eigenvalue weighted by Gasteiger charge is -2.19. The van der Waals surface area contributed by atoms with Crippen LogP contribution in [0.4, 0.5) is 5.82 Å². The number of nitrogens with one attached hydrogen (secondary N) is 1. The first-order valence-corrected chi connectivity index (χ1v) is 7.53. The average molecular weight is 296 g/mol. The predicted molar refractivity (Wildman–Crippen MR) is 85.8 cm³/mol. The van der Waals surface area contributed by atoms with Crippen LogP contribution in [-0.2, 0) is 6.54 Å². The third-order valence-corrected chi connectivity index (χ3v) is 3.62. The van der Waals surface area contributed by atoms with Crippen LogP contribution < -0.4 is 10.2 Å². The fourth-order valence-corrected chi connectivity index (χ4v) is 2.29. The molecule has 22 heavy (non-hydrogen) atoms. The zero-order chi connectivity index (χ0) is 15.5. The molecule has 1 fully saturated rings. The van der Waals surface area contributed by atoms with E-state index in [0.717, 1.165) is 25.2 Å². The van der Waals surface area contributed by atoms with E-state index in [1.165, 1.54) is 5.56 Å². The second kappa shape index (κ2) is 6.13. The Morgan fingerprint density at radius 2 is 2.00 bits per heavy atom. The molecule has 1 aliphatic rings. The largest absolute Gasteiger partial charge is 0.355 e. The molecule has 114 valence electrons. The lowest BCUT2D eigenvalue weighted by molar-refractivity contribution is 0.0945. The van der Waals surface area contributed by atoms with Crippen molar-refractivity contribution in [1.82, 2.24) is 15.3 Å². The number of aryl methyl sites for hydroxylation is 1. The minimum atomic E-state index is -0.109. The van der Waals surface area contributed by atoms with E-state index in [4.69, 9.17) is 0 Å². The molecule has 0 saturated heterocycles. The molecule has 2 aromatic rings. The summed E-state index contributed by atoms with van der Waals surface area (Å²) in [4.78, 5) is 22.9. The molecule has 5 heteroatoms. The normalized spacial score (nSPS) is 13.7. The smallest absolute Gasteiger partial charge is 0.270 e. The van der Waals surface area contributed by atoms with Gasteiger partial charge in [0.2, 0.25) is 0 Å². The fourth-order valence-electron chi connectivity index (χ4n) is 2.29. The van der Waals surface area contributed by atoms with Crippen molar-refractivity contribution >= 4 is 11.7 Å². The van der Waals surface area contributed by atoms with Gasteiger partial charge in [-0.1, -0.05) is 30.3 Å². The first-order valence-electron chi connectivity index (χ1n) is 7.53. The number of nitrogens with zero attached hydrogens (tertiary/aromatic N) is 3. The van der Waals surface area contributed by atoms with E-state index in [9.17, 15) is 4.79 Å². The van der Waals surface area contributed by atoms with Crippen LogP contribution in [0.3, 0.4) is 0 Å². The van der Waals surface area contributed by atoms with E-state index in [1.54, 1.807) is 6.07 Å². The van der Waals surface area contributed by atoms with Crippen LogP contribution in [0.2, 0.25) is 0 Å². The summed E-state index contributed by atoms with van der Waals surface area (Å²) in [6.07, 6.45) is 2.13. The van der Waals surface area contributed by atoms with Crippen LogP contribution in [-0.4, -0.2) is 29.0 Å². The van der Waals surface area contributed by atoms with Gasteiger partial charge in [0.25, 0.3) is 5.91 Å². The maximum atomic E-state index is 12.2. The number of carbonyl (C=O) groups excluding carboxylic acids is 1. The van der Waals surface area contributed by atoms with Gasteiger partial charge in [-0.3, -0.25) is 4.79 Å². The Balaban J connectivity index is 1.77. The Morgan fingerprint density at radius 3 is 2.68 bits per heavy atom. The van der Waals surface area contributed by atoms with Crippen molar-refractivity contribution < 1.29 is 4.79 Å². The van der Waals surface area contributed by atoms with Crippen molar-refractivity contribution in [2.24, 2.45) is 0 Å². The molecule has 0 aliphatic heterocycles. The third-order valence-electron chi connectivity index (χ3n) is 3.62. The molecule has 1 aromatic carbocycles. The summed E-state index contributed by atoms with van der Waals surface area (Å²) in [5, 5.41) is 2.97. The van der Waals surface area contributed by atoms with Gasteiger partial charge in [-0.2, -0.15) is 0 Å². The van der Waals surface area contributed by atoms with Gasteiger partial charge in [0.15, 0.2) is 0 Å². The Morgan fingerprint density at radius 1 is 1.27 bits per heavy atom. The summed E-state index contributed by atoms with van der Waals surface area (Å²) in [6.45, 7) is 2.55. The third kappa shape index (κ3) is 3.61. The molecule has 3 rings (SSSR count). The average Bonchev–Trinajstić information content (AvgIpc) is 3.31. The van der Waals surface area contributed by atoms with E-state index >= 15 is 0 Å². The van der Waals surface area contributed by atoms with Crippen molar-refractivity contribution in [3.05, 3.63) is 53.5 Å². The minimum Gasteiger partial charge on any atom is -0.355 e. The lowest BCUT2D eigenvalue weighted by Crippen LogP contribution is -2.27. The Kier molecular flexibility index (Phi) is 4.04. The Bertz CT molecular complexity index is 668.